The Morgan fingerprint density at radius 1 is 1.40 bits per heavy atom. The van der Waals surface area contributed by atoms with Gasteiger partial charge in [0.15, 0.2) is 5.69 Å². The zero-order valence-corrected chi connectivity index (χ0v) is 11.2. The molecule has 0 unspecified atom stereocenters. The first-order chi connectivity index (χ1) is 9.56. The van der Waals surface area contributed by atoms with Crippen LogP contribution in [0.15, 0.2) is 34.9 Å². The van der Waals surface area contributed by atoms with E-state index in [-0.39, 0.29) is 18.1 Å². The van der Waals surface area contributed by atoms with Crippen molar-refractivity contribution < 1.29 is 14.4 Å². The number of nitrogens with one attached hydrogen (secondary N) is 1. The van der Waals surface area contributed by atoms with Crippen LogP contribution in [0.5, 0.6) is 0 Å². The number of hydrogen-bond acceptors (Lipinski definition) is 4. The van der Waals surface area contributed by atoms with E-state index in [1.54, 1.807) is 13.0 Å². The molecule has 1 aliphatic rings. The largest absolute Gasteiger partial charge is 0.387 e. The van der Waals surface area contributed by atoms with E-state index in [1.165, 1.54) is 0 Å². The van der Waals surface area contributed by atoms with Crippen molar-refractivity contribution in [1.82, 2.24) is 10.5 Å². The Labute approximate surface area is 116 Å². The van der Waals surface area contributed by atoms with Crippen LogP contribution in [0.4, 0.5) is 0 Å². The number of carbonyl (C=O) groups excluding carboxylic acids is 1. The molecule has 1 aromatic heterocycles. The Hall–Kier alpha value is -2.14. The van der Waals surface area contributed by atoms with Crippen molar-refractivity contribution >= 4 is 5.91 Å². The van der Waals surface area contributed by atoms with E-state index < -0.39 is 5.60 Å². The molecule has 0 saturated heterocycles. The zero-order valence-electron chi connectivity index (χ0n) is 11.2. The van der Waals surface area contributed by atoms with Crippen LogP contribution in [0.25, 0.3) is 0 Å². The molecule has 0 bridgehead atoms. The van der Waals surface area contributed by atoms with E-state index in [9.17, 15) is 9.90 Å². The first-order valence-corrected chi connectivity index (χ1v) is 6.56. The second-order valence-corrected chi connectivity index (χ2v) is 5.35. The van der Waals surface area contributed by atoms with E-state index in [0.717, 1.165) is 11.1 Å². The molecular weight excluding hydrogens is 256 g/mol. The minimum Gasteiger partial charge on any atom is -0.387 e. The molecule has 104 valence electrons. The predicted molar refractivity (Wildman–Crippen MR) is 72.4 cm³/mol. The van der Waals surface area contributed by atoms with Gasteiger partial charge in [-0.15, -0.1) is 0 Å². The highest BCUT2D eigenvalue weighted by atomic mass is 16.5. The summed E-state index contributed by atoms with van der Waals surface area (Å²) < 4.78 is 4.86. The van der Waals surface area contributed by atoms with Crippen molar-refractivity contribution in [2.75, 3.05) is 6.54 Å². The third-order valence-electron chi connectivity index (χ3n) is 3.60. The molecule has 5 nitrogen and oxygen atoms in total. The molecule has 0 spiro atoms. The number of benzene rings is 1. The van der Waals surface area contributed by atoms with Crippen LogP contribution in [0, 0.1) is 6.92 Å². The van der Waals surface area contributed by atoms with Crippen LogP contribution in [-0.4, -0.2) is 28.3 Å². The third-order valence-corrected chi connectivity index (χ3v) is 3.60. The summed E-state index contributed by atoms with van der Waals surface area (Å²) in [5.41, 5.74) is 1.60. The average Bonchev–Trinajstić information content (AvgIpc) is 2.99. The number of hydrogen-bond donors (Lipinski definition) is 2. The fourth-order valence-corrected chi connectivity index (χ4v) is 2.61. The number of aliphatic hydroxyl groups is 1. The fourth-order valence-electron chi connectivity index (χ4n) is 2.61. The molecule has 1 aromatic carbocycles. The van der Waals surface area contributed by atoms with Crippen LogP contribution in [0.2, 0.25) is 0 Å². The summed E-state index contributed by atoms with van der Waals surface area (Å²) in [7, 11) is 0. The normalized spacial score (nSPS) is 15.9. The molecular formula is C15H16N2O3. The van der Waals surface area contributed by atoms with Crippen molar-refractivity contribution in [2.45, 2.75) is 25.4 Å². The summed E-state index contributed by atoms with van der Waals surface area (Å²) in [6, 6.07) is 9.51. The maximum absolute atomic E-state index is 11.9. The Bertz CT molecular complexity index is 623. The van der Waals surface area contributed by atoms with Crippen molar-refractivity contribution in [3.05, 3.63) is 52.9 Å². The number of nitrogens with zero attached hydrogens (tertiary/aromatic N) is 1. The monoisotopic (exact) mass is 272 g/mol. The quantitative estimate of drug-likeness (QED) is 0.881. The average molecular weight is 272 g/mol. The molecule has 3 rings (SSSR count). The lowest BCUT2D eigenvalue weighted by Crippen LogP contribution is -2.43. The molecule has 20 heavy (non-hydrogen) atoms. The molecule has 0 atom stereocenters. The van der Waals surface area contributed by atoms with Gasteiger partial charge in [-0.25, -0.2) is 0 Å². The molecule has 5 heteroatoms. The van der Waals surface area contributed by atoms with Gasteiger partial charge in [-0.2, -0.15) is 0 Å². The fraction of sp³-hybridized carbons (Fsp3) is 0.333. The number of carbonyl (C=O) groups is 1. The summed E-state index contributed by atoms with van der Waals surface area (Å²) in [5, 5.41) is 16.9. The number of rotatable bonds is 3. The first-order valence-electron chi connectivity index (χ1n) is 6.56. The molecule has 0 fully saturated rings. The third kappa shape index (κ3) is 2.44. The number of amides is 1. The molecule has 1 amide bonds. The second-order valence-electron chi connectivity index (χ2n) is 5.35. The van der Waals surface area contributed by atoms with Gasteiger partial charge in [-0.05, 0) is 18.1 Å². The maximum Gasteiger partial charge on any atom is 0.273 e. The summed E-state index contributed by atoms with van der Waals surface area (Å²) in [5.74, 6) is 0.258. The summed E-state index contributed by atoms with van der Waals surface area (Å²) >= 11 is 0. The van der Waals surface area contributed by atoms with Crippen LogP contribution in [0.3, 0.4) is 0 Å². The zero-order chi connectivity index (χ0) is 14.2. The first kappa shape index (κ1) is 12.9. The smallest absolute Gasteiger partial charge is 0.273 e. The van der Waals surface area contributed by atoms with E-state index in [0.29, 0.717) is 18.6 Å². The highest BCUT2D eigenvalue weighted by Crippen LogP contribution is 2.29. The highest BCUT2D eigenvalue weighted by Gasteiger charge is 2.35. The van der Waals surface area contributed by atoms with Gasteiger partial charge in [-0.3, -0.25) is 4.79 Å². The Morgan fingerprint density at radius 2 is 2.05 bits per heavy atom. The van der Waals surface area contributed by atoms with Crippen LogP contribution in [-0.2, 0) is 12.8 Å². The number of fused-ring (bicyclic) bond motifs is 1. The van der Waals surface area contributed by atoms with Gasteiger partial charge in [0.1, 0.15) is 5.76 Å². The molecule has 1 aliphatic carbocycles. The highest BCUT2D eigenvalue weighted by molar-refractivity contribution is 5.92. The summed E-state index contributed by atoms with van der Waals surface area (Å²) in [6.07, 6.45) is 1.11. The maximum atomic E-state index is 11.9. The van der Waals surface area contributed by atoms with Crippen LogP contribution in [0.1, 0.15) is 27.4 Å². The van der Waals surface area contributed by atoms with Gasteiger partial charge in [0, 0.05) is 25.5 Å². The van der Waals surface area contributed by atoms with Crippen LogP contribution < -0.4 is 5.32 Å². The SMILES string of the molecule is Cc1cc(C(=O)NCC2(O)Cc3ccccc3C2)no1. The van der Waals surface area contributed by atoms with Gasteiger partial charge in [-0.1, -0.05) is 29.4 Å². The van der Waals surface area contributed by atoms with E-state index in [4.69, 9.17) is 4.52 Å². The van der Waals surface area contributed by atoms with Crippen molar-refractivity contribution in [3.8, 4) is 0 Å². The standard InChI is InChI=1S/C15H16N2O3/c1-10-6-13(17-20-10)14(18)16-9-15(19)7-11-4-2-3-5-12(11)8-15/h2-6,19H,7-9H2,1H3,(H,16,18). The van der Waals surface area contributed by atoms with Crippen molar-refractivity contribution in [3.63, 3.8) is 0 Å². The molecule has 2 N–H and O–H groups in total. The molecule has 0 saturated carbocycles. The Balaban J connectivity index is 1.63. The lowest BCUT2D eigenvalue weighted by Gasteiger charge is -2.22. The summed E-state index contributed by atoms with van der Waals surface area (Å²) in [6.45, 7) is 1.93. The van der Waals surface area contributed by atoms with Gasteiger partial charge in [0.05, 0.1) is 5.60 Å². The number of aryl methyl sites for hydroxylation is 1. The molecule has 2 aromatic rings. The molecule has 1 heterocycles. The predicted octanol–water partition coefficient (Wildman–Crippen LogP) is 1.24. The Kier molecular flexibility index (Phi) is 3.06. The summed E-state index contributed by atoms with van der Waals surface area (Å²) in [4.78, 5) is 11.9. The minimum atomic E-state index is -0.919. The lowest BCUT2D eigenvalue weighted by molar-refractivity contribution is 0.0477. The number of aromatic nitrogens is 1. The lowest BCUT2D eigenvalue weighted by atomic mass is 10.0. The van der Waals surface area contributed by atoms with E-state index in [2.05, 4.69) is 10.5 Å². The van der Waals surface area contributed by atoms with Crippen molar-refractivity contribution in [2.24, 2.45) is 0 Å². The topological polar surface area (TPSA) is 75.4 Å². The molecule has 0 aliphatic heterocycles. The molecule has 0 radical (unpaired) electrons. The second kappa shape index (κ2) is 4.76. The minimum absolute atomic E-state index is 0.201. The Morgan fingerprint density at radius 3 is 2.60 bits per heavy atom. The van der Waals surface area contributed by atoms with Gasteiger partial charge < -0.3 is 14.9 Å². The van der Waals surface area contributed by atoms with Crippen molar-refractivity contribution in [1.29, 1.82) is 0 Å². The van der Waals surface area contributed by atoms with Gasteiger partial charge in [0.2, 0.25) is 0 Å². The van der Waals surface area contributed by atoms with Gasteiger partial charge in [0.25, 0.3) is 5.91 Å². The van der Waals surface area contributed by atoms with E-state index >= 15 is 0 Å². The van der Waals surface area contributed by atoms with Gasteiger partial charge >= 0.3 is 0 Å². The van der Waals surface area contributed by atoms with Crippen LogP contribution >= 0.6 is 0 Å². The van der Waals surface area contributed by atoms with E-state index in [1.807, 2.05) is 24.3 Å².